The van der Waals surface area contributed by atoms with Gasteiger partial charge in [0.15, 0.2) is 0 Å². The average Bonchev–Trinajstić information content (AvgIpc) is 2.83. The van der Waals surface area contributed by atoms with Gasteiger partial charge in [-0.3, -0.25) is 0 Å². The molecule has 1 heterocycles. The van der Waals surface area contributed by atoms with Gasteiger partial charge < -0.3 is 14.5 Å². The van der Waals surface area contributed by atoms with E-state index >= 15 is 0 Å². The van der Waals surface area contributed by atoms with Crippen molar-refractivity contribution in [1.82, 2.24) is 4.90 Å². The van der Waals surface area contributed by atoms with Crippen molar-refractivity contribution >= 4 is 11.8 Å². The summed E-state index contributed by atoms with van der Waals surface area (Å²) in [7, 11) is 0. The van der Waals surface area contributed by atoms with Gasteiger partial charge in [0.1, 0.15) is 11.7 Å². The predicted molar refractivity (Wildman–Crippen MR) is 133 cm³/mol. The van der Waals surface area contributed by atoms with Crippen molar-refractivity contribution in [3.05, 3.63) is 28.8 Å². The van der Waals surface area contributed by atoms with Crippen molar-refractivity contribution in [2.45, 2.75) is 102 Å². The molecule has 1 aliphatic heterocycles. The minimum absolute atomic E-state index is 0.235. The minimum Gasteiger partial charge on any atom is -0.444 e. The Morgan fingerprint density at radius 3 is 2.03 bits per heavy atom. The van der Waals surface area contributed by atoms with Gasteiger partial charge in [-0.15, -0.1) is 0 Å². The van der Waals surface area contributed by atoms with Gasteiger partial charge >= 0.3 is 6.09 Å². The topological polar surface area (TPSA) is 56.6 Å². The molecular weight excluding hydrogens is 410 g/mol. The van der Waals surface area contributed by atoms with E-state index in [-0.39, 0.29) is 6.09 Å². The van der Waals surface area contributed by atoms with Gasteiger partial charge in [0.2, 0.25) is 0 Å². The third kappa shape index (κ3) is 5.83. The molecule has 2 saturated carbocycles. The summed E-state index contributed by atoms with van der Waals surface area (Å²) in [6.45, 7) is 8.47. The first-order valence-corrected chi connectivity index (χ1v) is 13.2. The highest BCUT2D eigenvalue weighted by Gasteiger charge is 2.30. The number of rotatable bonds is 3. The lowest BCUT2D eigenvalue weighted by molar-refractivity contribution is 0.0240. The van der Waals surface area contributed by atoms with Crippen LogP contribution in [0.2, 0.25) is 0 Å². The Kier molecular flexibility index (Phi) is 7.51. The second kappa shape index (κ2) is 10.4. The van der Waals surface area contributed by atoms with E-state index in [0.717, 1.165) is 24.3 Å². The Morgan fingerprint density at radius 2 is 1.48 bits per heavy atom. The van der Waals surface area contributed by atoms with Crippen LogP contribution in [0, 0.1) is 11.3 Å². The Bertz CT molecular complexity index is 862. The zero-order chi connectivity index (χ0) is 23.4. The van der Waals surface area contributed by atoms with Crippen molar-refractivity contribution in [3.8, 4) is 6.07 Å². The number of nitriles is 1. The fraction of sp³-hybridized carbons (Fsp3) is 0.714. The Hall–Kier alpha value is -2.22. The summed E-state index contributed by atoms with van der Waals surface area (Å²) in [5, 5.41) is 10.3. The van der Waals surface area contributed by atoms with Gasteiger partial charge in [0.25, 0.3) is 0 Å². The number of anilines is 1. The van der Waals surface area contributed by atoms with Crippen molar-refractivity contribution in [1.29, 1.82) is 5.26 Å². The average molecular weight is 452 g/mol. The molecule has 5 heteroatoms. The van der Waals surface area contributed by atoms with E-state index in [4.69, 9.17) is 4.74 Å². The number of amides is 1. The molecule has 0 bridgehead atoms. The summed E-state index contributed by atoms with van der Waals surface area (Å²) in [5.41, 5.74) is 4.24. The normalized spacial score (nSPS) is 21.0. The summed E-state index contributed by atoms with van der Waals surface area (Å²) in [6.07, 6.45) is 12.5. The molecule has 0 aromatic heterocycles. The zero-order valence-corrected chi connectivity index (χ0v) is 20.9. The molecule has 4 rings (SSSR count). The Morgan fingerprint density at radius 1 is 0.909 bits per heavy atom. The minimum atomic E-state index is -0.481. The molecular formula is C28H41N3O2. The second-order valence-corrected chi connectivity index (χ2v) is 11.2. The van der Waals surface area contributed by atoms with Crippen molar-refractivity contribution in [2.24, 2.45) is 0 Å². The second-order valence-electron chi connectivity index (χ2n) is 11.2. The monoisotopic (exact) mass is 451 g/mol. The van der Waals surface area contributed by atoms with E-state index < -0.39 is 5.60 Å². The number of nitrogens with zero attached hydrogens (tertiary/aromatic N) is 3. The van der Waals surface area contributed by atoms with E-state index in [1.165, 1.54) is 75.3 Å². The third-order valence-electron chi connectivity index (χ3n) is 7.68. The maximum atomic E-state index is 12.5. The van der Waals surface area contributed by atoms with Crippen LogP contribution in [0.25, 0.3) is 0 Å². The van der Waals surface area contributed by atoms with Gasteiger partial charge in [0, 0.05) is 26.2 Å². The molecule has 3 fully saturated rings. The highest BCUT2D eigenvalue weighted by atomic mass is 16.6. The molecule has 33 heavy (non-hydrogen) atoms. The first-order chi connectivity index (χ1) is 15.9. The van der Waals surface area contributed by atoms with Gasteiger partial charge in [-0.05, 0) is 75.5 Å². The quantitative estimate of drug-likeness (QED) is 0.512. The van der Waals surface area contributed by atoms with Crippen molar-refractivity contribution < 1.29 is 9.53 Å². The Balaban J connectivity index is 1.60. The first kappa shape index (κ1) is 23.9. The number of hydrogen-bond acceptors (Lipinski definition) is 4. The molecule has 1 aromatic rings. The maximum Gasteiger partial charge on any atom is 0.410 e. The molecule has 1 aromatic carbocycles. The van der Waals surface area contributed by atoms with E-state index in [9.17, 15) is 10.1 Å². The lowest BCUT2D eigenvalue weighted by Gasteiger charge is -2.38. The van der Waals surface area contributed by atoms with Gasteiger partial charge in [-0.2, -0.15) is 5.26 Å². The maximum absolute atomic E-state index is 12.5. The molecule has 3 aliphatic rings. The van der Waals surface area contributed by atoms with E-state index in [1.807, 2.05) is 20.8 Å². The van der Waals surface area contributed by atoms with Gasteiger partial charge in [0.05, 0.1) is 11.3 Å². The molecule has 1 saturated heterocycles. The van der Waals surface area contributed by atoms with Crippen molar-refractivity contribution in [3.63, 3.8) is 0 Å². The van der Waals surface area contributed by atoms with Crippen LogP contribution in [0.15, 0.2) is 12.1 Å². The smallest absolute Gasteiger partial charge is 0.410 e. The van der Waals surface area contributed by atoms with Crippen LogP contribution in [0.1, 0.15) is 114 Å². The predicted octanol–water partition coefficient (Wildman–Crippen LogP) is 6.71. The summed E-state index contributed by atoms with van der Waals surface area (Å²) < 4.78 is 5.58. The molecule has 0 spiro atoms. The highest BCUT2D eigenvalue weighted by Crippen LogP contribution is 2.42. The zero-order valence-electron chi connectivity index (χ0n) is 20.9. The van der Waals surface area contributed by atoms with Crippen LogP contribution < -0.4 is 4.90 Å². The largest absolute Gasteiger partial charge is 0.444 e. The first-order valence-electron chi connectivity index (χ1n) is 13.2. The Labute approximate surface area is 200 Å². The van der Waals surface area contributed by atoms with E-state index in [0.29, 0.717) is 24.9 Å². The number of piperazine rings is 1. The van der Waals surface area contributed by atoms with E-state index in [1.54, 1.807) is 4.90 Å². The summed E-state index contributed by atoms with van der Waals surface area (Å²) >= 11 is 0. The van der Waals surface area contributed by atoms with Crippen LogP contribution in [-0.4, -0.2) is 42.8 Å². The number of hydrogen-bond donors (Lipinski definition) is 0. The lowest BCUT2D eigenvalue weighted by atomic mass is 9.78. The molecule has 2 aliphatic carbocycles. The lowest BCUT2D eigenvalue weighted by Crippen LogP contribution is -2.50. The number of ether oxygens (including phenoxy) is 1. The SMILES string of the molecule is CC(C)(C)OC(=O)N1CCN(c2cc(C3CCCCC3)cc(C3CCCCC3)c2C#N)CC1. The van der Waals surface area contributed by atoms with Crippen LogP contribution in [0.3, 0.4) is 0 Å². The van der Waals surface area contributed by atoms with Crippen LogP contribution in [0.5, 0.6) is 0 Å². The van der Waals surface area contributed by atoms with Gasteiger partial charge in [-0.25, -0.2) is 4.79 Å². The molecule has 1 amide bonds. The molecule has 5 nitrogen and oxygen atoms in total. The molecule has 0 atom stereocenters. The van der Waals surface area contributed by atoms with Crippen LogP contribution >= 0.6 is 0 Å². The van der Waals surface area contributed by atoms with Crippen molar-refractivity contribution in [2.75, 3.05) is 31.1 Å². The summed E-state index contributed by atoms with van der Waals surface area (Å²) in [6, 6.07) is 7.34. The fourth-order valence-electron chi connectivity index (χ4n) is 5.91. The number of carbonyl (C=O) groups excluding carboxylic acids is 1. The molecule has 180 valence electrons. The third-order valence-corrected chi connectivity index (χ3v) is 7.68. The number of benzene rings is 1. The van der Waals surface area contributed by atoms with E-state index in [2.05, 4.69) is 23.1 Å². The highest BCUT2D eigenvalue weighted by molar-refractivity contribution is 5.70. The van der Waals surface area contributed by atoms with Crippen LogP contribution in [0.4, 0.5) is 10.5 Å². The summed E-state index contributed by atoms with van der Waals surface area (Å²) in [4.78, 5) is 16.7. The fourth-order valence-corrected chi connectivity index (χ4v) is 5.91. The van der Waals surface area contributed by atoms with Gasteiger partial charge in [-0.1, -0.05) is 44.6 Å². The molecule has 0 radical (unpaired) electrons. The number of carbonyl (C=O) groups is 1. The standard InChI is InChI=1S/C28H41N3O2/c1-28(2,3)33-27(32)31-16-14-30(15-17-31)26-19-23(21-10-6-4-7-11-21)18-24(25(26)20-29)22-12-8-5-9-13-22/h18-19,21-22H,4-17H2,1-3H3. The summed E-state index contributed by atoms with van der Waals surface area (Å²) in [5.74, 6) is 1.13. The van der Waals surface area contributed by atoms with Crippen LogP contribution in [-0.2, 0) is 4.74 Å². The molecule has 0 N–H and O–H groups in total. The molecule has 0 unspecified atom stereocenters.